The van der Waals surface area contributed by atoms with Crippen LogP contribution in [0.4, 0.5) is 0 Å². The van der Waals surface area contributed by atoms with E-state index in [1.54, 1.807) is 4.90 Å². The van der Waals surface area contributed by atoms with Crippen LogP contribution >= 0.6 is 0 Å². The number of piperidine rings is 1. The largest absolute Gasteiger partial charge is 0.352 e. The number of aryl methyl sites for hydroxylation is 1. The molecular formula is C26H32N4O3. The second-order valence-corrected chi connectivity index (χ2v) is 9.04. The lowest BCUT2D eigenvalue weighted by molar-refractivity contribution is -0.157. The number of piperazine rings is 1. The number of carbonyl (C=O) groups excluding carboxylic acids is 3. The summed E-state index contributed by atoms with van der Waals surface area (Å²) in [5.74, 6) is -1.32. The second kappa shape index (κ2) is 10.6. The van der Waals surface area contributed by atoms with Crippen molar-refractivity contribution in [2.45, 2.75) is 38.9 Å². The average Bonchev–Trinajstić information content (AvgIpc) is 2.82. The summed E-state index contributed by atoms with van der Waals surface area (Å²) in [7, 11) is 0. The molecule has 2 aromatic carbocycles. The maximum Gasteiger partial charge on any atom is 0.312 e. The van der Waals surface area contributed by atoms with Crippen LogP contribution in [0.25, 0.3) is 0 Å². The predicted molar refractivity (Wildman–Crippen MR) is 126 cm³/mol. The molecule has 2 aliphatic heterocycles. The number of likely N-dealkylation sites (tertiary alicyclic amines) is 1. The zero-order valence-electron chi connectivity index (χ0n) is 19.2. The summed E-state index contributed by atoms with van der Waals surface area (Å²) in [5.41, 5.74) is 3.44. The van der Waals surface area contributed by atoms with Gasteiger partial charge in [-0.05, 0) is 30.9 Å². The topological polar surface area (TPSA) is 73.0 Å². The van der Waals surface area contributed by atoms with Gasteiger partial charge in [-0.15, -0.1) is 0 Å². The number of hydrogen-bond acceptors (Lipinski definition) is 4. The van der Waals surface area contributed by atoms with Crippen molar-refractivity contribution >= 4 is 17.7 Å². The van der Waals surface area contributed by atoms with Crippen molar-refractivity contribution in [2.24, 2.45) is 0 Å². The third-order valence-electron chi connectivity index (χ3n) is 6.43. The molecule has 0 unspecified atom stereocenters. The fourth-order valence-corrected chi connectivity index (χ4v) is 4.45. The number of nitrogens with one attached hydrogen (secondary N) is 1. The van der Waals surface area contributed by atoms with Gasteiger partial charge in [-0.3, -0.25) is 19.3 Å². The third-order valence-corrected chi connectivity index (χ3v) is 6.43. The highest BCUT2D eigenvalue weighted by Crippen LogP contribution is 2.15. The van der Waals surface area contributed by atoms with E-state index in [9.17, 15) is 14.4 Å². The molecule has 0 radical (unpaired) electrons. The summed E-state index contributed by atoms with van der Waals surface area (Å²) in [4.78, 5) is 43.0. The normalized spacial score (nSPS) is 18.0. The number of amides is 3. The van der Waals surface area contributed by atoms with Crippen LogP contribution in [0, 0.1) is 6.92 Å². The Bertz CT molecular complexity index is 969. The lowest BCUT2D eigenvalue weighted by atomic mass is 10.0. The average molecular weight is 449 g/mol. The minimum atomic E-state index is -0.596. The van der Waals surface area contributed by atoms with Gasteiger partial charge in [-0.25, -0.2) is 0 Å². The van der Waals surface area contributed by atoms with Crippen LogP contribution in [0.5, 0.6) is 0 Å². The fraction of sp³-hybridized carbons (Fsp3) is 0.423. The molecule has 174 valence electrons. The van der Waals surface area contributed by atoms with E-state index in [0.717, 1.165) is 43.6 Å². The van der Waals surface area contributed by atoms with Crippen molar-refractivity contribution in [2.75, 3.05) is 32.7 Å². The van der Waals surface area contributed by atoms with Crippen molar-refractivity contribution < 1.29 is 14.4 Å². The molecule has 0 aliphatic carbocycles. The van der Waals surface area contributed by atoms with E-state index in [0.29, 0.717) is 19.6 Å². The molecule has 0 atom stereocenters. The van der Waals surface area contributed by atoms with Crippen LogP contribution in [-0.2, 0) is 27.5 Å². The highest BCUT2D eigenvalue weighted by atomic mass is 16.2. The molecule has 2 aliphatic rings. The molecule has 2 saturated heterocycles. The number of hydrogen-bond donors (Lipinski definition) is 1. The Labute approximate surface area is 195 Å². The first kappa shape index (κ1) is 23.0. The molecule has 7 nitrogen and oxygen atoms in total. The first-order valence-corrected chi connectivity index (χ1v) is 11.7. The Hall–Kier alpha value is -3.19. The summed E-state index contributed by atoms with van der Waals surface area (Å²) in [5, 5.41) is 3.06. The van der Waals surface area contributed by atoms with E-state index in [1.807, 2.05) is 37.3 Å². The highest BCUT2D eigenvalue weighted by Gasteiger charge is 2.33. The van der Waals surface area contributed by atoms with E-state index in [-0.39, 0.29) is 18.5 Å². The molecule has 0 aromatic heterocycles. The summed E-state index contributed by atoms with van der Waals surface area (Å²) in [6, 6.07) is 18.4. The molecule has 2 heterocycles. The number of benzene rings is 2. The summed E-state index contributed by atoms with van der Waals surface area (Å²) in [6.45, 7) is 5.94. The SMILES string of the molecule is Cc1ccc(CN2CCN(CC(=O)NC3CCN(Cc4ccccc4)CC3)C(=O)C2=O)cc1. The molecule has 2 aromatic rings. The Kier molecular flexibility index (Phi) is 7.40. The van der Waals surface area contributed by atoms with E-state index in [1.165, 1.54) is 10.5 Å². The van der Waals surface area contributed by atoms with Gasteiger partial charge < -0.3 is 15.1 Å². The molecular weight excluding hydrogens is 416 g/mol. The minimum Gasteiger partial charge on any atom is -0.352 e. The van der Waals surface area contributed by atoms with Gasteiger partial charge in [0.05, 0.1) is 0 Å². The van der Waals surface area contributed by atoms with Crippen LogP contribution in [0.1, 0.15) is 29.5 Å². The molecule has 3 amide bonds. The van der Waals surface area contributed by atoms with Crippen LogP contribution in [0.2, 0.25) is 0 Å². The second-order valence-electron chi connectivity index (χ2n) is 9.04. The lowest BCUT2D eigenvalue weighted by Gasteiger charge is -2.35. The third kappa shape index (κ3) is 6.20. The smallest absolute Gasteiger partial charge is 0.312 e. The van der Waals surface area contributed by atoms with Gasteiger partial charge in [0.1, 0.15) is 6.54 Å². The summed E-state index contributed by atoms with van der Waals surface area (Å²) >= 11 is 0. The Morgan fingerprint density at radius 2 is 1.42 bits per heavy atom. The fourth-order valence-electron chi connectivity index (χ4n) is 4.45. The Morgan fingerprint density at radius 1 is 0.818 bits per heavy atom. The standard InChI is InChI=1S/C26H32N4O3/c1-20-7-9-22(10-8-20)18-29-15-16-30(26(33)25(29)32)19-24(31)27-23-11-13-28(14-12-23)17-21-5-3-2-4-6-21/h2-10,23H,11-19H2,1H3,(H,27,31). The van der Waals surface area contributed by atoms with Crippen LogP contribution < -0.4 is 5.32 Å². The van der Waals surface area contributed by atoms with Gasteiger partial charge in [0, 0.05) is 45.3 Å². The molecule has 0 bridgehead atoms. The van der Waals surface area contributed by atoms with Crippen molar-refractivity contribution in [1.29, 1.82) is 0 Å². The van der Waals surface area contributed by atoms with Gasteiger partial charge in [0.25, 0.3) is 0 Å². The zero-order valence-corrected chi connectivity index (χ0v) is 19.2. The first-order valence-electron chi connectivity index (χ1n) is 11.7. The van der Waals surface area contributed by atoms with E-state index >= 15 is 0 Å². The van der Waals surface area contributed by atoms with Gasteiger partial charge in [-0.2, -0.15) is 0 Å². The van der Waals surface area contributed by atoms with Crippen molar-refractivity contribution in [3.05, 3.63) is 71.3 Å². The first-order chi connectivity index (χ1) is 16.0. The van der Waals surface area contributed by atoms with Gasteiger partial charge in [0.15, 0.2) is 0 Å². The van der Waals surface area contributed by atoms with E-state index < -0.39 is 11.8 Å². The molecule has 4 rings (SSSR count). The van der Waals surface area contributed by atoms with Crippen molar-refractivity contribution in [3.8, 4) is 0 Å². The quantitative estimate of drug-likeness (QED) is 0.657. The molecule has 33 heavy (non-hydrogen) atoms. The molecule has 1 N–H and O–H groups in total. The monoisotopic (exact) mass is 448 g/mol. The predicted octanol–water partition coefficient (Wildman–Crippen LogP) is 1.95. The maximum atomic E-state index is 12.6. The maximum absolute atomic E-state index is 12.6. The van der Waals surface area contributed by atoms with Crippen LogP contribution in [-0.4, -0.2) is 71.2 Å². The minimum absolute atomic E-state index is 0.0623. The summed E-state index contributed by atoms with van der Waals surface area (Å²) < 4.78 is 0. The number of carbonyl (C=O) groups is 3. The lowest BCUT2D eigenvalue weighted by Crippen LogP contribution is -2.56. The van der Waals surface area contributed by atoms with Crippen molar-refractivity contribution in [3.63, 3.8) is 0 Å². The Morgan fingerprint density at radius 3 is 2.12 bits per heavy atom. The zero-order chi connectivity index (χ0) is 23.2. The van der Waals surface area contributed by atoms with Crippen LogP contribution in [0.15, 0.2) is 54.6 Å². The van der Waals surface area contributed by atoms with Gasteiger partial charge in [-0.1, -0.05) is 60.2 Å². The van der Waals surface area contributed by atoms with Crippen molar-refractivity contribution in [1.82, 2.24) is 20.0 Å². The van der Waals surface area contributed by atoms with E-state index in [2.05, 4.69) is 34.5 Å². The van der Waals surface area contributed by atoms with Gasteiger partial charge in [0.2, 0.25) is 5.91 Å². The van der Waals surface area contributed by atoms with Crippen LogP contribution in [0.3, 0.4) is 0 Å². The molecule has 0 spiro atoms. The number of rotatable bonds is 7. The Balaban J connectivity index is 1.20. The molecule has 2 fully saturated rings. The molecule has 0 saturated carbocycles. The molecule has 7 heteroatoms. The highest BCUT2D eigenvalue weighted by molar-refractivity contribution is 6.35. The van der Waals surface area contributed by atoms with E-state index in [4.69, 9.17) is 0 Å². The number of nitrogens with zero attached hydrogens (tertiary/aromatic N) is 3. The van der Waals surface area contributed by atoms with Gasteiger partial charge >= 0.3 is 11.8 Å². The summed E-state index contributed by atoms with van der Waals surface area (Å²) in [6.07, 6.45) is 1.77.